The first-order valence-electron chi connectivity index (χ1n) is 10.0. The molecule has 2 aromatic heterocycles. The predicted octanol–water partition coefficient (Wildman–Crippen LogP) is 3.39. The van der Waals surface area contributed by atoms with E-state index in [1.54, 1.807) is 28.4 Å². The minimum Gasteiger partial charge on any atom is -0.459 e. The third-order valence-electron chi connectivity index (χ3n) is 5.46. The van der Waals surface area contributed by atoms with Gasteiger partial charge in [0.2, 0.25) is 5.91 Å². The van der Waals surface area contributed by atoms with Crippen LogP contribution in [0.3, 0.4) is 0 Å². The lowest BCUT2D eigenvalue weighted by Gasteiger charge is -2.33. The fraction of sp³-hybridized carbons (Fsp3) is 0.524. The summed E-state index contributed by atoms with van der Waals surface area (Å²) in [5.74, 6) is 0.0544. The van der Waals surface area contributed by atoms with E-state index in [1.165, 1.54) is 11.8 Å². The maximum Gasteiger partial charge on any atom is 0.289 e. The summed E-state index contributed by atoms with van der Waals surface area (Å²) in [6.45, 7) is 7.84. The SMILES string of the molecule is CCN(CC)C(CNC(=O)C1CCCN(C(=O)c2ccco2)C1)c1ccsc1. The Kier molecular flexibility index (Phi) is 7.28. The summed E-state index contributed by atoms with van der Waals surface area (Å²) in [4.78, 5) is 29.4. The molecule has 1 aliphatic rings. The summed E-state index contributed by atoms with van der Waals surface area (Å²) in [7, 11) is 0. The Balaban J connectivity index is 1.59. The van der Waals surface area contributed by atoms with Crippen LogP contribution in [0.25, 0.3) is 0 Å². The number of carbonyl (C=O) groups excluding carboxylic acids is 2. The molecule has 152 valence electrons. The Morgan fingerprint density at radius 2 is 2.18 bits per heavy atom. The van der Waals surface area contributed by atoms with Gasteiger partial charge in [0.05, 0.1) is 18.2 Å². The van der Waals surface area contributed by atoms with Crippen LogP contribution in [0.1, 0.15) is 48.8 Å². The van der Waals surface area contributed by atoms with Crippen molar-refractivity contribution in [2.24, 2.45) is 5.92 Å². The first kappa shape index (κ1) is 20.6. The minimum absolute atomic E-state index is 0.0318. The fourth-order valence-corrected chi connectivity index (χ4v) is 4.57. The smallest absolute Gasteiger partial charge is 0.289 e. The van der Waals surface area contributed by atoms with Crippen molar-refractivity contribution in [3.8, 4) is 0 Å². The van der Waals surface area contributed by atoms with E-state index in [4.69, 9.17) is 4.42 Å². The highest BCUT2D eigenvalue weighted by molar-refractivity contribution is 7.07. The third-order valence-corrected chi connectivity index (χ3v) is 6.16. The Bertz CT molecular complexity index is 741. The number of hydrogen-bond donors (Lipinski definition) is 1. The summed E-state index contributed by atoms with van der Waals surface area (Å²) in [5.41, 5.74) is 1.24. The normalized spacial score (nSPS) is 18.2. The first-order chi connectivity index (χ1) is 13.6. The largest absolute Gasteiger partial charge is 0.459 e. The summed E-state index contributed by atoms with van der Waals surface area (Å²) in [6, 6.07) is 5.68. The minimum atomic E-state index is -0.174. The van der Waals surface area contributed by atoms with E-state index in [-0.39, 0.29) is 23.8 Å². The number of hydrogen-bond acceptors (Lipinski definition) is 5. The Labute approximate surface area is 170 Å². The zero-order valence-electron chi connectivity index (χ0n) is 16.6. The lowest BCUT2D eigenvalue weighted by Crippen LogP contribution is -2.47. The maximum absolute atomic E-state index is 12.8. The van der Waals surface area contributed by atoms with Crippen molar-refractivity contribution in [1.82, 2.24) is 15.1 Å². The Hall–Kier alpha value is -2.12. The van der Waals surface area contributed by atoms with E-state index in [0.29, 0.717) is 25.4 Å². The Morgan fingerprint density at radius 3 is 2.82 bits per heavy atom. The second-order valence-corrected chi connectivity index (χ2v) is 7.89. The molecule has 1 N–H and O–H groups in total. The van der Waals surface area contributed by atoms with Gasteiger partial charge in [0.25, 0.3) is 5.91 Å². The third kappa shape index (κ3) is 4.83. The van der Waals surface area contributed by atoms with Crippen molar-refractivity contribution in [2.45, 2.75) is 32.7 Å². The van der Waals surface area contributed by atoms with Gasteiger partial charge in [-0.25, -0.2) is 0 Å². The molecule has 0 bridgehead atoms. The zero-order valence-corrected chi connectivity index (χ0v) is 17.4. The standard InChI is InChI=1S/C21H29N3O3S/c1-3-23(4-2)18(17-9-12-28-15-17)13-22-20(25)16-7-5-10-24(14-16)21(26)19-8-6-11-27-19/h6,8-9,11-12,15-16,18H,3-5,7,10,13-14H2,1-2H3,(H,22,25). The van der Waals surface area contributed by atoms with Gasteiger partial charge in [-0.2, -0.15) is 11.3 Å². The molecule has 3 rings (SSSR count). The fourth-order valence-electron chi connectivity index (χ4n) is 3.86. The maximum atomic E-state index is 12.8. The highest BCUT2D eigenvalue weighted by Crippen LogP contribution is 2.23. The summed E-state index contributed by atoms with van der Waals surface area (Å²) >= 11 is 1.68. The number of thiophene rings is 1. The van der Waals surface area contributed by atoms with Gasteiger partial charge in [-0.15, -0.1) is 0 Å². The quantitative estimate of drug-likeness (QED) is 0.734. The number of nitrogens with zero attached hydrogens (tertiary/aromatic N) is 2. The van der Waals surface area contributed by atoms with Gasteiger partial charge in [-0.3, -0.25) is 14.5 Å². The van der Waals surface area contributed by atoms with Gasteiger partial charge in [0.1, 0.15) is 0 Å². The van der Waals surface area contributed by atoms with Crippen LogP contribution in [0.2, 0.25) is 0 Å². The van der Waals surface area contributed by atoms with Crippen LogP contribution in [0, 0.1) is 5.92 Å². The van der Waals surface area contributed by atoms with Gasteiger partial charge in [-0.05, 0) is 60.5 Å². The highest BCUT2D eigenvalue weighted by atomic mass is 32.1. The van der Waals surface area contributed by atoms with Crippen molar-refractivity contribution in [2.75, 3.05) is 32.7 Å². The highest BCUT2D eigenvalue weighted by Gasteiger charge is 2.30. The molecule has 28 heavy (non-hydrogen) atoms. The molecule has 2 unspecified atom stereocenters. The summed E-state index contributed by atoms with van der Waals surface area (Å²) in [6.07, 6.45) is 3.13. The lowest BCUT2D eigenvalue weighted by molar-refractivity contribution is -0.126. The van der Waals surface area contributed by atoms with E-state index in [9.17, 15) is 9.59 Å². The van der Waals surface area contributed by atoms with Crippen molar-refractivity contribution in [3.05, 3.63) is 46.5 Å². The molecule has 0 aliphatic carbocycles. The van der Waals surface area contributed by atoms with Gasteiger partial charge in [0, 0.05) is 19.6 Å². The molecule has 1 aliphatic heterocycles. The van der Waals surface area contributed by atoms with Crippen LogP contribution in [-0.2, 0) is 4.79 Å². The van der Waals surface area contributed by atoms with Crippen LogP contribution in [-0.4, -0.2) is 54.3 Å². The molecule has 0 saturated carbocycles. The van der Waals surface area contributed by atoms with E-state index in [0.717, 1.165) is 25.9 Å². The average Bonchev–Trinajstić information content (AvgIpc) is 3.44. The number of rotatable bonds is 8. The van der Waals surface area contributed by atoms with Crippen LogP contribution in [0.5, 0.6) is 0 Å². The molecule has 0 spiro atoms. The number of nitrogens with one attached hydrogen (secondary N) is 1. The summed E-state index contributed by atoms with van der Waals surface area (Å²) < 4.78 is 5.22. The van der Waals surface area contributed by atoms with Gasteiger partial charge >= 0.3 is 0 Å². The van der Waals surface area contributed by atoms with Crippen LogP contribution < -0.4 is 5.32 Å². The van der Waals surface area contributed by atoms with Gasteiger partial charge < -0.3 is 14.6 Å². The molecule has 2 aromatic rings. The average molecular weight is 404 g/mol. The van der Waals surface area contributed by atoms with E-state index in [1.807, 2.05) is 0 Å². The second kappa shape index (κ2) is 9.89. The number of amides is 2. The molecule has 0 radical (unpaired) electrons. The van der Waals surface area contributed by atoms with Gasteiger partial charge in [0.15, 0.2) is 5.76 Å². The molecule has 7 heteroatoms. The Morgan fingerprint density at radius 1 is 1.36 bits per heavy atom. The topological polar surface area (TPSA) is 65.8 Å². The predicted molar refractivity (Wildman–Crippen MR) is 110 cm³/mol. The molecule has 2 amide bonds. The summed E-state index contributed by atoms with van der Waals surface area (Å²) in [5, 5.41) is 7.38. The molecule has 2 atom stereocenters. The molecule has 0 aromatic carbocycles. The van der Waals surface area contributed by atoms with Crippen molar-refractivity contribution < 1.29 is 14.0 Å². The number of carbonyl (C=O) groups is 2. The zero-order chi connectivity index (χ0) is 19.9. The van der Waals surface area contributed by atoms with E-state index >= 15 is 0 Å². The van der Waals surface area contributed by atoms with Gasteiger partial charge in [-0.1, -0.05) is 13.8 Å². The van der Waals surface area contributed by atoms with Crippen LogP contribution in [0.15, 0.2) is 39.6 Å². The van der Waals surface area contributed by atoms with Crippen molar-refractivity contribution in [3.63, 3.8) is 0 Å². The molecule has 1 fully saturated rings. The number of likely N-dealkylation sites (tertiary alicyclic amines) is 1. The first-order valence-corrected chi connectivity index (χ1v) is 10.9. The van der Waals surface area contributed by atoms with E-state index in [2.05, 4.69) is 40.9 Å². The molecule has 1 saturated heterocycles. The van der Waals surface area contributed by atoms with Crippen LogP contribution in [0.4, 0.5) is 0 Å². The van der Waals surface area contributed by atoms with E-state index < -0.39 is 0 Å². The van der Waals surface area contributed by atoms with Crippen molar-refractivity contribution >= 4 is 23.2 Å². The molecular weight excluding hydrogens is 374 g/mol. The van der Waals surface area contributed by atoms with Crippen molar-refractivity contribution in [1.29, 1.82) is 0 Å². The number of piperidine rings is 1. The monoisotopic (exact) mass is 403 g/mol. The second-order valence-electron chi connectivity index (χ2n) is 7.11. The molecule has 6 nitrogen and oxygen atoms in total. The molecular formula is C21H29N3O3S. The van der Waals surface area contributed by atoms with Crippen LogP contribution >= 0.6 is 11.3 Å². The number of furan rings is 1. The lowest BCUT2D eigenvalue weighted by atomic mass is 9.96. The molecule has 3 heterocycles. The number of likely N-dealkylation sites (N-methyl/N-ethyl adjacent to an activating group) is 1.